The van der Waals surface area contributed by atoms with E-state index in [1.165, 1.54) is 0 Å². The SMILES string of the molecule is Nc1cc(S)c(N)c(N)c1N. The first-order valence-electron chi connectivity index (χ1n) is 2.96. The number of thiol groups is 1. The molecule has 0 saturated heterocycles. The summed E-state index contributed by atoms with van der Waals surface area (Å²) < 4.78 is 0. The highest BCUT2D eigenvalue weighted by Crippen LogP contribution is 2.33. The fourth-order valence-electron chi connectivity index (χ4n) is 0.741. The van der Waals surface area contributed by atoms with E-state index in [2.05, 4.69) is 12.6 Å². The van der Waals surface area contributed by atoms with Crippen molar-refractivity contribution in [2.24, 2.45) is 0 Å². The topological polar surface area (TPSA) is 104 Å². The molecule has 0 heterocycles. The Labute approximate surface area is 69.9 Å². The first-order chi connectivity index (χ1) is 5.04. The Balaban J connectivity index is 3.46. The Bertz CT molecular complexity index is 271. The molecule has 0 aliphatic heterocycles. The highest BCUT2D eigenvalue weighted by Gasteiger charge is 2.06. The van der Waals surface area contributed by atoms with Crippen molar-refractivity contribution in [2.45, 2.75) is 4.90 Å². The number of nitrogen functional groups attached to an aromatic ring is 4. The molecule has 0 fully saturated rings. The van der Waals surface area contributed by atoms with Gasteiger partial charge in [-0.2, -0.15) is 0 Å². The molecule has 0 aliphatic rings. The summed E-state index contributed by atoms with van der Waals surface area (Å²) in [6, 6.07) is 1.57. The molecule has 8 N–H and O–H groups in total. The van der Waals surface area contributed by atoms with Gasteiger partial charge >= 0.3 is 0 Å². The van der Waals surface area contributed by atoms with Gasteiger partial charge in [-0.05, 0) is 6.07 Å². The fourth-order valence-corrected chi connectivity index (χ4v) is 1.00. The second-order valence-electron chi connectivity index (χ2n) is 2.23. The van der Waals surface area contributed by atoms with E-state index in [1.54, 1.807) is 6.07 Å². The lowest BCUT2D eigenvalue weighted by Gasteiger charge is -2.08. The third-order valence-electron chi connectivity index (χ3n) is 1.46. The molecule has 1 rings (SSSR count). The number of benzene rings is 1. The predicted molar refractivity (Wildman–Crippen MR) is 51.3 cm³/mol. The van der Waals surface area contributed by atoms with Crippen LogP contribution in [0.1, 0.15) is 0 Å². The minimum atomic E-state index is 0.301. The van der Waals surface area contributed by atoms with Crippen LogP contribution in [0.5, 0.6) is 0 Å². The molecular formula is C6H10N4S. The van der Waals surface area contributed by atoms with E-state index in [-0.39, 0.29) is 0 Å². The molecule has 1 aromatic carbocycles. The molecule has 11 heavy (non-hydrogen) atoms. The van der Waals surface area contributed by atoms with E-state index in [9.17, 15) is 0 Å². The Morgan fingerprint density at radius 2 is 1.45 bits per heavy atom. The molecule has 0 bridgehead atoms. The molecule has 0 unspecified atom stereocenters. The van der Waals surface area contributed by atoms with Crippen molar-refractivity contribution in [3.05, 3.63) is 6.07 Å². The van der Waals surface area contributed by atoms with E-state index >= 15 is 0 Å². The monoisotopic (exact) mass is 170 g/mol. The molecule has 0 atom stereocenters. The quantitative estimate of drug-likeness (QED) is 0.285. The molecular weight excluding hydrogens is 160 g/mol. The molecule has 4 nitrogen and oxygen atoms in total. The zero-order chi connectivity index (χ0) is 8.59. The van der Waals surface area contributed by atoms with Crippen LogP contribution < -0.4 is 22.9 Å². The van der Waals surface area contributed by atoms with Crippen LogP contribution in [0.2, 0.25) is 0 Å². The Hall–Kier alpha value is -1.23. The molecule has 5 heteroatoms. The van der Waals surface area contributed by atoms with E-state index in [4.69, 9.17) is 22.9 Å². The van der Waals surface area contributed by atoms with Gasteiger partial charge in [0.1, 0.15) is 0 Å². The average molecular weight is 170 g/mol. The molecule has 0 spiro atoms. The Morgan fingerprint density at radius 3 is 2.00 bits per heavy atom. The molecule has 0 saturated carbocycles. The van der Waals surface area contributed by atoms with Gasteiger partial charge in [-0.25, -0.2) is 0 Å². The first kappa shape index (κ1) is 7.87. The summed E-state index contributed by atoms with van der Waals surface area (Å²) in [6.45, 7) is 0. The van der Waals surface area contributed by atoms with Crippen LogP contribution in [0.15, 0.2) is 11.0 Å². The van der Waals surface area contributed by atoms with Gasteiger partial charge in [0.25, 0.3) is 0 Å². The van der Waals surface area contributed by atoms with Gasteiger partial charge in [-0.1, -0.05) is 0 Å². The normalized spacial score (nSPS) is 9.91. The van der Waals surface area contributed by atoms with Crippen molar-refractivity contribution in [1.29, 1.82) is 0 Å². The summed E-state index contributed by atoms with van der Waals surface area (Å²) in [4.78, 5) is 0.550. The Kier molecular flexibility index (Phi) is 1.74. The van der Waals surface area contributed by atoms with Gasteiger partial charge in [-0.3, -0.25) is 0 Å². The summed E-state index contributed by atoms with van der Waals surface area (Å²) >= 11 is 4.04. The largest absolute Gasteiger partial charge is 0.397 e. The number of hydrogen-bond acceptors (Lipinski definition) is 5. The molecule has 60 valence electrons. The van der Waals surface area contributed by atoms with Crippen LogP contribution in [0.25, 0.3) is 0 Å². The maximum absolute atomic E-state index is 5.51. The minimum Gasteiger partial charge on any atom is -0.397 e. The second-order valence-corrected chi connectivity index (χ2v) is 2.71. The number of nitrogens with two attached hydrogens (primary N) is 4. The number of anilines is 4. The van der Waals surface area contributed by atoms with Gasteiger partial charge in [0, 0.05) is 4.90 Å². The van der Waals surface area contributed by atoms with Gasteiger partial charge in [0.15, 0.2) is 0 Å². The minimum absolute atomic E-state index is 0.301. The zero-order valence-corrected chi connectivity index (χ0v) is 6.73. The van der Waals surface area contributed by atoms with Crippen molar-refractivity contribution < 1.29 is 0 Å². The van der Waals surface area contributed by atoms with Crippen LogP contribution >= 0.6 is 12.6 Å². The zero-order valence-electron chi connectivity index (χ0n) is 5.83. The average Bonchev–Trinajstić information content (AvgIpc) is 1.97. The third-order valence-corrected chi connectivity index (χ3v) is 1.83. The van der Waals surface area contributed by atoms with Crippen molar-refractivity contribution in [2.75, 3.05) is 22.9 Å². The van der Waals surface area contributed by atoms with Crippen molar-refractivity contribution in [1.82, 2.24) is 0 Å². The van der Waals surface area contributed by atoms with E-state index < -0.39 is 0 Å². The maximum atomic E-state index is 5.51. The van der Waals surface area contributed by atoms with E-state index in [1.807, 2.05) is 0 Å². The van der Waals surface area contributed by atoms with Crippen LogP contribution in [-0.2, 0) is 0 Å². The van der Waals surface area contributed by atoms with E-state index in [0.717, 1.165) is 0 Å². The lowest BCUT2D eigenvalue weighted by atomic mass is 10.2. The first-order valence-corrected chi connectivity index (χ1v) is 3.40. The van der Waals surface area contributed by atoms with Crippen LogP contribution in [-0.4, -0.2) is 0 Å². The molecule has 1 aromatic rings. The van der Waals surface area contributed by atoms with Crippen molar-refractivity contribution in [3.63, 3.8) is 0 Å². The van der Waals surface area contributed by atoms with Gasteiger partial charge < -0.3 is 22.9 Å². The predicted octanol–water partition coefficient (Wildman–Crippen LogP) is 0.304. The molecule has 0 radical (unpaired) electrons. The van der Waals surface area contributed by atoms with Crippen molar-refractivity contribution >= 4 is 35.4 Å². The summed E-state index contributed by atoms with van der Waals surface area (Å²) in [7, 11) is 0. The maximum Gasteiger partial charge on any atom is 0.0814 e. The second kappa shape index (κ2) is 2.43. The summed E-state index contributed by atoms with van der Waals surface area (Å²) in [5.74, 6) is 0. The third kappa shape index (κ3) is 1.14. The van der Waals surface area contributed by atoms with Crippen LogP contribution in [0, 0.1) is 0 Å². The number of rotatable bonds is 0. The van der Waals surface area contributed by atoms with E-state index in [0.29, 0.717) is 27.6 Å². The molecule has 0 amide bonds. The smallest absolute Gasteiger partial charge is 0.0814 e. The van der Waals surface area contributed by atoms with Crippen molar-refractivity contribution in [3.8, 4) is 0 Å². The summed E-state index contributed by atoms with van der Waals surface area (Å²) in [5, 5.41) is 0. The molecule has 0 aliphatic carbocycles. The van der Waals surface area contributed by atoms with Crippen LogP contribution in [0.3, 0.4) is 0 Å². The summed E-state index contributed by atoms with van der Waals surface area (Å²) in [6.07, 6.45) is 0. The summed E-state index contributed by atoms with van der Waals surface area (Å²) in [5.41, 5.74) is 23.4. The lowest BCUT2D eigenvalue weighted by Crippen LogP contribution is -2.04. The highest BCUT2D eigenvalue weighted by atomic mass is 32.1. The lowest BCUT2D eigenvalue weighted by molar-refractivity contribution is 1.47. The highest BCUT2D eigenvalue weighted by molar-refractivity contribution is 7.80. The van der Waals surface area contributed by atoms with Gasteiger partial charge in [-0.15, -0.1) is 12.6 Å². The fraction of sp³-hybridized carbons (Fsp3) is 0. The van der Waals surface area contributed by atoms with Gasteiger partial charge in [0.05, 0.1) is 22.7 Å². The van der Waals surface area contributed by atoms with Gasteiger partial charge in [0.2, 0.25) is 0 Å². The number of hydrogen-bond donors (Lipinski definition) is 5. The Morgan fingerprint density at radius 1 is 0.909 bits per heavy atom. The van der Waals surface area contributed by atoms with Crippen LogP contribution in [0.4, 0.5) is 22.7 Å². The molecule has 0 aromatic heterocycles. The standard InChI is InChI=1S/C6H10N4S/c7-2-1-3(11)5(9)6(10)4(2)8/h1,11H,7-10H2.